The van der Waals surface area contributed by atoms with Gasteiger partial charge in [-0.3, -0.25) is 0 Å². The van der Waals surface area contributed by atoms with Crippen LogP contribution in [0.5, 0.6) is 0 Å². The standard InChI is InChI=1S/C56H45F2N3SSi/c1-34-30-51-44(42-15-7-8-16-43(42)49-29-25-40(33-59(49)51)63(2,3)4)26-21-36-22-28-46-45-27-23-38(41-14-9-10-17-47(41)57)32-52(45)62-55(46)53(36)56-60(34)50-19-11-18-48(58)54(50)61(56)39-24-20-35-12-5-6-13-37(35)31-39/h5-20,22-25,27-29,31-33,44,51H,1,21,26,30H2,2-4H3/q+2. The number of fused-ring (bicyclic) bond motifs is 16. The van der Waals surface area contributed by atoms with Crippen molar-refractivity contribution < 1.29 is 17.9 Å². The van der Waals surface area contributed by atoms with Crippen molar-refractivity contribution in [2.75, 3.05) is 0 Å². The molecule has 63 heavy (non-hydrogen) atoms. The molecular weight excluding hydrogens is 813 g/mol. The normalized spacial score (nSPS) is 16.2. The third-order valence-electron chi connectivity index (χ3n) is 13.8. The first-order valence-corrected chi connectivity index (χ1v) is 26.2. The van der Waals surface area contributed by atoms with Crippen LogP contribution in [0.2, 0.25) is 19.6 Å². The average Bonchev–Trinajstić information content (AvgIpc) is 3.84. The number of thiophene rings is 1. The van der Waals surface area contributed by atoms with E-state index in [-0.39, 0.29) is 23.6 Å². The Bertz CT molecular complexity index is 3560. The van der Waals surface area contributed by atoms with Crippen LogP contribution in [0, 0.1) is 11.6 Å². The van der Waals surface area contributed by atoms with Crippen molar-refractivity contribution in [2.24, 2.45) is 0 Å². The maximum Gasteiger partial charge on any atom is 0.301 e. The van der Waals surface area contributed by atoms with E-state index < -0.39 is 8.07 Å². The number of allylic oxidation sites excluding steroid dienone is 1. The molecule has 3 aromatic heterocycles. The van der Waals surface area contributed by atoms with Crippen molar-refractivity contribution in [3.63, 3.8) is 0 Å². The lowest BCUT2D eigenvalue weighted by Gasteiger charge is -2.32. The molecule has 0 saturated heterocycles. The molecule has 0 fully saturated rings. The minimum atomic E-state index is -1.68. The monoisotopic (exact) mass is 857 g/mol. The van der Waals surface area contributed by atoms with Crippen LogP contribution in [0.4, 0.5) is 8.78 Å². The number of para-hydroxylation sites is 1. The first-order valence-electron chi connectivity index (χ1n) is 21.9. The number of hydrogen-bond acceptors (Lipinski definition) is 1. The van der Waals surface area contributed by atoms with E-state index in [1.165, 1.54) is 33.6 Å². The minimum absolute atomic E-state index is 0.0816. The maximum absolute atomic E-state index is 17.0. The second-order valence-electron chi connectivity index (χ2n) is 18.4. The van der Waals surface area contributed by atoms with Gasteiger partial charge in [0.1, 0.15) is 17.2 Å². The largest absolute Gasteiger partial charge is 0.301 e. The zero-order valence-corrected chi connectivity index (χ0v) is 37.3. The van der Waals surface area contributed by atoms with Crippen molar-refractivity contribution >= 4 is 72.3 Å². The van der Waals surface area contributed by atoms with Crippen LogP contribution < -0.4 is 14.3 Å². The summed E-state index contributed by atoms with van der Waals surface area (Å²) in [6.45, 7) is 12.2. The van der Waals surface area contributed by atoms with Crippen molar-refractivity contribution in [3.05, 3.63) is 187 Å². The van der Waals surface area contributed by atoms with Gasteiger partial charge in [-0.25, -0.2) is 8.78 Å². The fourth-order valence-corrected chi connectivity index (χ4v) is 13.1. The SMILES string of the molecule is C=C1CC2C(CCc3ccc4c(sc5cc(-c6ccccc6F)ccc54)c3-c3n(-c4ccc5ccccc5c4)c4c(F)cccc4[n+]31)c1ccccc1-c1ccc([Si](C)(C)C)c[n+]12. The molecule has 10 aromatic rings. The topological polar surface area (TPSA) is 12.7 Å². The average molecular weight is 858 g/mol. The summed E-state index contributed by atoms with van der Waals surface area (Å²) in [5, 5.41) is 5.88. The van der Waals surface area contributed by atoms with Gasteiger partial charge in [-0.05, 0) is 82.8 Å². The Hall–Kier alpha value is -6.54. The Labute approximate surface area is 370 Å². The van der Waals surface area contributed by atoms with Crippen molar-refractivity contribution in [2.45, 2.75) is 50.9 Å². The molecule has 7 heteroatoms. The van der Waals surface area contributed by atoms with Crippen LogP contribution >= 0.6 is 11.3 Å². The Balaban J connectivity index is 1.18. The number of benzene rings is 7. The molecule has 0 N–H and O–H groups in total. The molecule has 5 heterocycles. The van der Waals surface area contributed by atoms with Gasteiger partial charge in [-0.2, -0.15) is 13.7 Å². The summed E-state index contributed by atoms with van der Waals surface area (Å²) in [6, 6.07) is 51.9. The smallest absolute Gasteiger partial charge is 0.206 e. The van der Waals surface area contributed by atoms with Gasteiger partial charge in [0.25, 0.3) is 0 Å². The van der Waals surface area contributed by atoms with E-state index in [2.05, 4.69) is 149 Å². The predicted molar refractivity (Wildman–Crippen MR) is 260 cm³/mol. The summed E-state index contributed by atoms with van der Waals surface area (Å²) in [4.78, 5) is 0. The number of hydrogen-bond donors (Lipinski definition) is 0. The van der Waals surface area contributed by atoms with E-state index in [0.717, 1.165) is 77.6 Å². The summed E-state index contributed by atoms with van der Waals surface area (Å²) < 4.78 is 41.5. The molecule has 2 aliphatic heterocycles. The maximum atomic E-state index is 17.0. The van der Waals surface area contributed by atoms with Gasteiger partial charge in [0, 0.05) is 43.8 Å². The van der Waals surface area contributed by atoms with E-state index in [9.17, 15) is 0 Å². The molecule has 0 amide bonds. The molecule has 0 saturated carbocycles. The molecular formula is C56H45F2N3SSi+2. The highest BCUT2D eigenvalue weighted by Gasteiger charge is 2.44. The number of aromatic nitrogens is 3. The highest BCUT2D eigenvalue weighted by atomic mass is 32.1. The number of pyridine rings is 1. The van der Waals surface area contributed by atoms with Crippen LogP contribution in [0.25, 0.3) is 87.1 Å². The van der Waals surface area contributed by atoms with Gasteiger partial charge in [-0.15, -0.1) is 11.3 Å². The quantitative estimate of drug-likeness (QED) is 0.124. The highest BCUT2D eigenvalue weighted by Crippen LogP contribution is 2.48. The Morgan fingerprint density at radius 2 is 1.48 bits per heavy atom. The lowest BCUT2D eigenvalue weighted by molar-refractivity contribution is -0.719. The third-order valence-corrected chi connectivity index (χ3v) is 17.0. The Morgan fingerprint density at radius 3 is 2.32 bits per heavy atom. The lowest BCUT2D eigenvalue weighted by atomic mass is 9.77. The first kappa shape index (κ1) is 38.2. The van der Waals surface area contributed by atoms with E-state index in [4.69, 9.17) is 6.58 Å². The Morgan fingerprint density at radius 1 is 0.714 bits per heavy atom. The molecule has 2 unspecified atom stereocenters. The zero-order chi connectivity index (χ0) is 42.7. The molecule has 12 rings (SSSR count). The van der Waals surface area contributed by atoms with Crippen LogP contribution in [0.1, 0.15) is 35.9 Å². The third kappa shape index (κ3) is 5.93. The van der Waals surface area contributed by atoms with E-state index in [0.29, 0.717) is 17.5 Å². The minimum Gasteiger partial charge on any atom is -0.206 e. The molecule has 0 spiro atoms. The summed E-state index contributed by atoms with van der Waals surface area (Å²) in [5.41, 5.74) is 10.7. The molecule has 2 aliphatic rings. The van der Waals surface area contributed by atoms with Crippen LogP contribution in [-0.4, -0.2) is 12.6 Å². The number of aryl methyl sites for hydroxylation is 1. The van der Waals surface area contributed by atoms with E-state index >= 15 is 8.78 Å². The second kappa shape index (κ2) is 14.2. The number of nitrogens with zero attached hydrogens (tertiary/aromatic N) is 3. The molecule has 306 valence electrons. The fraction of sp³-hybridized carbons (Fsp3) is 0.143. The summed E-state index contributed by atoms with van der Waals surface area (Å²) in [7, 11) is -1.68. The van der Waals surface area contributed by atoms with Crippen LogP contribution in [-0.2, 0) is 6.42 Å². The molecule has 0 aliphatic carbocycles. The lowest BCUT2D eigenvalue weighted by Crippen LogP contribution is -2.53. The van der Waals surface area contributed by atoms with E-state index in [1.807, 2.05) is 24.3 Å². The van der Waals surface area contributed by atoms with Gasteiger partial charge in [0.15, 0.2) is 23.6 Å². The zero-order valence-electron chi connectivity index (χ0n) is 35.5. The van der Waals surface area contributed by atoms with E-state index in [1.54, 1.807) is 23.5 Å². The van der Waals surface area contributed by atoms with Crippen molar-refractivity contribution in [1.29, 1.82) is 0 Å². The van der Waals surface area contributed by atoms with Crippen LogP contribution in [0.3, 0.4) is 0 Å². The molecule has 7 aromatic carbocycles. The first-order chi connectivity index (χ1) is 30.6. The number of imidazole rings is 1. The van der Waals surface area contributed by atoms with Gasteiger partial charge in [0.05, 0.1) is 24.8 Å². The second-order valence-corrected chi connectivity index (χ2v) is 24.6. The van der Waals surface area contributed by atoms with Crippen LogP contribution in [0.15, 0.2) is 164 Å². The molecule has 2 atom stereocenters. The highest BCUT2D eigenvalue weighted by molar-refractivity contribution is 7.26. The van der Waals surface area contributed by atoms with Crippen molar-refractivity contribution in [1.82, 2.24) is 4.57 Å². The van der Waals surface area contributed by atoms with Gasteiger partial charge in [0.2, 0.25) is 11.2 Å². The number of rotatable bonds is 3. The van der Waals surface area contributed by atoms with Crippen molar-refractivity contribution in [3.8, 4) is 39.5 Å². The number of halogens is 2. The summed E-state index contributed by atoms with van der Waals surface area (Å²) >= 11 is 1.74. The van der Waals surface area contributed by atoms with Gasteiger partial charge in [-0.1, -0.05) is 129 Å². The molecule has 0 radical (unpaired) electrons. The molecule has 3 nitrogen and oxygen atoms in total. The Kier molecular flexibility index (Phi) is 8.63. The fourth-order valence-electron chi connectivity index (χ4n) is 10.7. The molecule has 0 bridgehead atoms. The predicted octanol–water partition coefficient (Wildman–Crippen LogP) is 13.7. The van der Waals surface area contributed by atoms with Gasteiger partial charge < -0.3 is 0 Å². The van der Waals surface area contributed by atoms with Gasteiger partial charge >= 0.3 is 5.82 Å². The summed E-state index contributed by atoms with van der Waals surface area (Å²) in [6.07, 6.45) is 4.85. The summed E-state index contributed by atoms with van der Waals surface area (Å²) in [5.74, 6) is 0.575.